The summed E-state index contributed by atoms with van der Waals surface area (Å²) in [6.45, 7) is 11.3. The lowest BCUT2D eigenvalue weighted by molar-refractivity contribution is 0.137. The molecule has 5 nitrogen and oxygen atoms in total. The fraction of sp³-hybridized carbons (Fsp3) is 0.480. The summed E-state index contributed by atoms with van der Waals surface area (Å²) in [4.78, 5) is 0. The number of nitrogens with one attached hydrogen (secondary N) is 1. The molecule has 1 heterocycles. The van der Waals surface area contributed by atoms with Crippen molar-refractivity contribution in [2.75, 3.05) is 5.32 Å². The molecule has 0 spiro atoms. The van der Waals surface area contributed by atoms with E-state index in [1.165, 1.54) is 11.1 Å². The van der Waals surface area contributed by atoms with E-state index in [0.29, 0.717) is 11.3 Å². The van der Waals surface area contributed by atoms with Crippen LogP contribution in [0, 0.1) is 25.2 Å². The van der Waals surface area contributed by atoms with Crippen LogP contribution in [0.1, 0.15) is 63.4 Å². The first-order chi connectivity index (χ1) is 14.7. The number of nitrogens with zero attached hydrogens (tertiary/aromatic N) is 4. The van der Waals surface area contributed by atoms with E-state index in [1.807, 2.05) is 28.9 Å². The molecule has 4 rings (SSSR count). The van der Waals surface area contributed by atoms with Crippen LogP contribution in [0.4, 0.5) is 5.69 Å². The van der Waals surface area contributed by atoms with Gasteiger partial charge in [-0.25, -0.2) is 0 Å². The Morgan fingerprint density at radius 1 is 1.00 bits per heavy atom. The molecule has 0 unspecified atom stereocenters. The van der Waals surface area contributed by atoms with Crippen LogP contribution in [0.15, 0.2) is 42.5 Å². The van der Waals surface area contributed by atoms with Gasteiger partial charge in [-0.15, -0.1) is 5.10 Å². The lowest BCUT2D eigenvalue weighted by Crippen LogP contribution is -2.43. The van der Waals surface area contributed by atoms with Crippen LogP contribution in [0.5, 0.6) is 0 Å². The lowest BCUT2D eigenvalue weighted by atomic mass is 9.67. The van der Waals surface area contributed by atoms with E-state index in [4.69, 9.17) is 11.6 Å². The molecular weight excluding hydrogens is 406 g/mol. The predicted octanol–water partition coefficient (Wildman–Crippen LogP) is 6.48. The standard InChI is InChI=1S/C25H32ClN5/c1-17-7-6-8-18(2)22(17)31-23(28-29-30-31)25(27-21-11-9-20(26)10-12-21)15-13-19(14-16-25)24(3,4)5/h6-12,19,27H,13-16H2,1-5H3. The first-order valence-electron chi connectivity index (χ1n) is 11.1. The smallest absolute Gasteiger partial charge is 0.181 e. The molecule has 164 valence electrons. The van der Waals surface area contributed by atoms with Crippen LogP contribution in [0.25, 0.3) is 5.69 Å². The van der Waals surface area contributed by atoms with Gasteiger partial charge >= 0.3 is 0 Å². The van der Waals surface area contributed by atoms with Crippen molar-refractivity contribution in [2.24, 2.45) is 11.3 Å². The largest absolute Gasteiger partial charge is 0.373 e. The summed E-state index contributed by atoms with van der Waals surface area (Å²) < 4.78 is 1.95. The molecule has 0 aliphatic heterocycles. The van der Waals surface area contributed by atoms with Crippen LogP contribution in [0.2, 0.25) is 5.02 Å². The van der Waals surface area contributed by atoms with Gasteiger partial charge < -0.3 is 5.32 Å². The summed E-state index contributed by atoms with van der Waals surface area (Å²) in [5.41, 5.74) is 4.39. The van der Waals surface area contributed by atoms with E-state index in [0.717, 1.165) is 47.9 Å². The van der Waals surface area contributed by atoms with E-state index in [2.05, 4.69) is 73.7 Å². The zero-order chi connectivity index (χ0) is 22.2. The van der Waals surface area contributed by atoms with E-state index >= 15 is 0 Å². The van der Waals surface area contributed by atoms with E-state index in [9.17, 15) is 0 Å². The van der Waals surface area contributed by atoms with Crippen molar-refractivity contribution in [3.05, 3.63) is 64.4 Å². The van der Waals surface area contributed by atoms with Crippen molar-refractivity contribution in [1.82, 2.24) is 20.2 Å². The van der Waals surface area contributed by atoms with Crippen LogP contribution >= 0.6 is 11.6 Å². The molecule has 1 aromatic heterocycles. The third kappa shape index (κ3) is 4.33. The summed E-state index contributed by atoms with van der Waals surface area (Å²) in [5, 5.41) is 17.7. The number of hydrogen-bond donors (Lipinski definition) is 1. The van der Waals surface area contributed by atoms with Crippen molar-refractivity contribution >= 4 is 17.3 Å². The Balaban J connectivity index is 1.78. The second-order valence-electron chi connectivity index (χ2n) is 10.0. The first kappa shape index (κ1) is 21.8. The van der Waals surface area contributed by atoms with Gasteiger partial charge in [-0.1, -0.05) is 50.6 Å². The maximum atomic E-state index is 6.13. The third-order valence-electron chi connectivity index (χ3n) is 6.84. The normalized spacial score (nSPS) is 21.8. The Kier molecular flexibility index (Phi) is 5.82. The molecule has 1 aliphatic carbocycles. The molecule has 0 saturated heterocycles. The minimum absolute atomic E-state index is 0.297. The van der Waals surface area contributed by atoms with Gasteiger partial charge in [0.2, 0.25) is 0 Å². The quantitative estimate of drug-likeness (QED) is 0.507. The van der Waals surface area contributed by atoms with Crippen LogP contribution < -0.4 is 5.32 Å². The lowest BCUT2D eigenvalue weighted by Gasteiger charge is -2.44. The third-order valence-corrected chi connectivity index (χ3v) is 7.09. The fourth-order valence-corrected chi connectivity index (χ4v) is 5.09. The number of aryl methyl sites for hydroxylation is 2. The number of rotatable bonds is 4. The van der Waals surface area contributed by atoms with Gasteiger partial charge in [-0.2, -0.15) is 4.68 Å². The van der Waals surface area contributed by atoms with Gasteiger partial charge in [-0.05, 0) is 96.7 Å². The zero-order valence-corrected chi connectivity index (χ0v) is 19.9. The van der Waals surface area contributed by atoms with E-state index in [1.54, 1.807) is 0 Å². The van der Waals surface area contributed by atoms with E-state index < -0.39 is 0 Å². The highest BCUT2D eigenvalue weighted by molar-refractivity contribution is 6.30. The molecule has 1 N–H and O–H groups in total. The Morgan fingerprint density at radius 2 is 1.61 bits per heavy atom. The Bertz CT molecular complexity index is 1020. The number of anilines is 1. The maximum absolute atomic E-state index is 6.13. The molecule has 2 aromatic carbocycles. The van der Waals surface area contributed by atoms with Gasteiger partial charge in [0, 0.05) is 10.7 Å². The zero-order valence-electron chi connectivity index (χ0n) is 19.1. The average Bonchev–Trinajstić information content (AvgIpc) is 3.19. The van der Waals surface area contributed by atoms with Gasteiger partial charge in [0.1, 0.15) is 0 Å². The number of benzene rings is 2. The van der Waals surface area contributed by atoms with Gasteiger partial charge in [-0.3, -0.25) is 0 Å². The Morgan fingerprint density at radius 3 is 2.19 bits per heavy atom. The molecular formula is C25H32ClN5. The predicted molar refractivity (Wildman–Crippen MR) is 127 cm³/mol. The number of tetrazole rings is 1. The molecule has 1 aliphatic rings. The average molecular weight is 438 g/mol. The molecule has 1 fully saturated rings. The number of para-hydroxylation sites is 1. The van der Waals surface area contributed by atoms with E-state index in [-0.39, 0.29) is 5.54 Å². The highest BCUT2D eigenvalue weighted by atomic mass is 35.5. The summed E-state index contributed by atoms with van der Waals surface area (Å²) >= 11 is 6.13. The maximum Gasteiger partial charge on any atom is 0.181 e. The van der Waals surface area contributed by atoms with Crippen LogP contribution in [0.3, 0.4) is 0 Å². The number of aromatic nitrogens is 4. The van der Waals surface area contributed by atoms with Gasteiger partial charge in [0.05, 0.1) is 11.2 Å². The molecule has 1 saturated carbocycles. The summed E-state index contributed by atoms with van der Waals surface area (Å²) in [6.07, 6.45) is 4.21. The molecule has 0 bridgehead atoms. The fourth-order valence-electron chi connectivity index (χ4n) is 4.97. The second-order valence-corrected chi connectivity index (χ2v) is 10.4. The molecule has 3 aromatic rings. The SMILES string of the molecule is Cc1cccc(C)c1-n1nnnc1C1(Nc2ccc(Cl)cc2)CCC(C(C)(C)C)CC1. The van der Waals surface area contributed by atoms with Crippen molar-refractivity contribution in [3.8, 4) is 5.69 Å². The summed E-state index contributed by atoms with van der Waals surface area (Å²) in [5.74, 6) is 1.56. The minimum Gasteiger partial charge on any atom is -0.373 e. The van der Waals surface area contributed by atoms with Crippen molar-refractivity contribution in [3.63, 3.8) is 0 Å². The monoisotopic (exact) mass is 437 g/mol. The molecule has 6 heteroatoms. The van der Waals surface area contributed by atoms with Gasteiger partial charge in [0.25, 0.3) is 0 Å². The highest BCUT2D eigenvalue weighted by Crippen LogP contribution is 2.47. The summed E-state index contributed by atoms with van der Waals surface area (Å²) in [6, 6.07) is 14.2. The molecule has 0 atom stereocenters. The Hall–Kier alpha value is -2.40. The van der Waals surface area contributed by atoms with Crippen LogP contribution in [-0.4, -0.2) is 20.2 Å². The van der Waals surface area contributed by atoms with Gasteiger partial charge in [0.15, 0.2) is 5.82 Å². The molecule has 31 heavy (non-hydrogen) atoms. The first-order valence-corrected chi connectivity index (χ1v) is 11.5. The molecule has 0 radical (unpaired) electrons. The summed E-state index contributed by atoms with van der Waals surface area (Å²) in [7, 11) is 0. The number of halogens is 1. The topological polar surface area (TPSA) is 55.6 Å². The van der Waals surface area contributed by atoms with Crippen LogP contribution in [-0.2, 0) is 5.54 Å². The minimum atomic E-state index is -0.339. The second kappa shape index (κ2) is 8.27. The Labute approximate surface area is 190 Å². The molecule has 0 amide bonds. The van der Waals surface area contributed by atoms with Crippen molar-refractivity contribution < 1.29 is 0 Å². The van der Waals surface area contributed by atoms with Crippen molar-refractivity contribution in [2.45, 2.75) is 65.8 Å². The van der Waals surface area contributed by atoms with Crippen molar-refractivity contribution in [1.29, 1.82) is 0 Å². The number of hydrogen-bond acceptors (Lipinski definition) is 4. The highest BCUT2D eigenvalue weighted by Gasteiger charge is 2.44.